The fraction of sp³-hybridized carbons (Fsp3) is 0.538. The molecule has 0 aromatic carbocycles. The summed E-state index contributed by atoms with van der Waals surface area (Å²) in [5.41, 5.74) is -1.32. The molecule has 2 spiro atoms. The number of nitrogens with one attached hydrogen (secondary N) is 2. The molecule has 0 saturated heterocycles. The van der Waals surface area contributed by atoms with Gasteiger partial charge >= 0.3 is 0 Å². The predicted octanol–water partition coefficient (Wildman–Crippen LogP) is 3.55. The molecule has 4 atom stereocenters. The van der Waals surface area contributed by atoms with E-state index in [1.165, 1.54) is 14.2 Å². The van der Waals surface area contributed by atoms with Gasteiger partial charge in [0.1, 0.15) is 35.1 Å². The second-order valence-corrected chi connectivity index (χ2v) is 13.5. The van der Waals surface area contributed by atoms with Gasteiger partial charge in [-0.2, -0.15) is 0 Å². The van der Waals surface area contributed by atoms with Gasteiger partial charge in [-0.25, -0.2) is 0 Å². The Morgan fingerprint density at radius 1 is 0.902 bits per heavy atom. The van der Waals surface area contributed by atoms with E-state index in [9.17, 15) is 19.8 Å². The molecule has 15 heteroatoms. The largest absolute Gasteiger partial charge is 0.495 e. The van der Waals surface area contributed by atoms with Crippen molar-refractivity contribution in [3.63, 3.8) is 0 Å². The highest BCUT2D eigenvalue weighted by molar-refractivity contribution is 9.12. The van der Waals surface area contributed by atoms with Crippen LogP contribution >= 0.6 is 63.7 Å². The Labute approximate surface area is 271 Å². The summed E-state index contributed by atoms with van der Waals surface area (Å²) in [6.07, 6.45) is 4.18. The van der Waals surface area contributed by atoms with Crippen LogP contribution in [0.4, 0.5) is 0 Å². The highest BCUT2D eigenvalue weighted by Gasteiger charge is 2.51. The quantitative estimate of drug-likeness (QED) is 0.246. The molecule has 0 bridgehead atoms. The molecule has 224 valence electrons. The van der Waals surface area contributed by atoms with Crippen molar-refractivity contribution in [2.75, 3.05) is 33.9 Å². The van der Waals surface area contributed by atoms with Crippen LogP contribution in [0.15, 0.2) is 51.7 Å². The molecule has 4 N–H and O–H groups in total. The van der Waals surface area contributed by atoms with Crippen molar-refractivity contribution >= 4 is 87.0 Å². The zero-order valence-electron chi connectivity index (χ0n) is 22.3. The number of aliphatic hydroxyl groups is 2. The molecule has 2 amide bonds. The minimum atomic E-state index is -1.20. The number of aliphatic hydroxyl groups excluding tert-OH is 2. The molecule has 41 heavy (non-hydrogen) atoms. The van der Waals surface area contributed by atoms with Crippen molar-refractivity contribution in [2.45, 2.75) is 49.9 Å². The monoisotopic (exact) mass is 826 g/mol. The average Bonchev–Trinajstić information content (AvgIpc) is 3.56. The molecule has 2 aliphatic carbocycles. The third kappa shape index (κ3) is 6.54. The van der Waals surface area contributed by atoms with Crippen LogP contribution in [0.1, 0.15) is 32.1 Å². The van der Waals surface area contributed by atoms with Crippen LogP contribution in [-0.4, -0.2) is 85.1 Å². The van der Waals surface area contributed by atoms with Gasteiger partial charge in [-0.15, -0.1) is 0 Å². The number of allylic oxidation sites excluding steroid dienone is 2. The fourth-order valence-corrected chi connectivity index (χ4v) is 8.75. The molecule has 0 fully saturated rings. The van der Waals surface area contributed by atoms with Gasteiger partial charge in [-0.05, 0) is 89.1 Å². The van der Waals surface area contributed by atoms with Crippen LogP contribution in [0.25, 0.3) is 0 Å². The van der Waals surface area contributed by atoms with Crippen molar-refractivity contribution in [3.05, 3.63) is 41.6 Å². The number of amides is 2. The minimum Gasteiger partial charge on any atom is -0.495 e. The van der Waals surface area contributed by atoms with Gasteiger partial charge in [0.2, 0.25) is 0 Å². The second kappa shape index (κ2) is 13.4. The van der Waals surface area contributed by atoms with Gasteiger partial charge in [-0.1, -0.05) is 11.2 Å². The molecule has 0 aromatic rings. The lowest BCUT2D eigenvalue weighted by Crippen LogP contribution is -2.45. The summed E-state index contributed by atoms with van der Waals surface area (Å²) in [6.45, 7) is 1.19. The normalized spacial score (nSPS) is 29.2. The maximum atomic E-state index is 12.7. The summed E-state index contributed by atoms with van der Waals surface area (Å²) in [7, 11) is 3.02. The van der Waals surface area contributed by atoms with E-state index in [2.05, 4.69) is 84.5 Å². The first-order valence-corrected chi connectivity index (χ1v) is 16.0. The van der Waals surface area contributed by atoms with Crippen molar-refractivity contribution in [1.82, 2.24) is 10.6 Å². The topological polar surface area (TPSA) is 151 Å². The van der Waals surface area contributed by atoms with E-state index in [1.807, 2.05) is 6.08 Å². The van der Waals surface area contributed by atoms with Gasteiger partial charge in [0.05, 0.1) is 38.7 Å². The number of hydrogen-bond donors (Lipinski definition) is 4. The molecular formula is C26H30Br4N4O7. The highest BCUT2D eigenvalue weighted by atomic mass is 79.9. The van der Waals surface area contributed by atoms with E-state index in [0.717, 1.165) is 12.8 Å². The molecule has 4 rings (SSSR count). The lowest BCUT2D eigenvalue weighted by atomic mass is 9.76. The average molecular weight is 830 g/mol. The van der Waals surface area contributed by atoms with E-state index >= 15 is 0 Å². The Balaban J connectivity index is 1.14. The number of carbonyl (C=O) groups is 2. The molecule has 2 heterocycles. The fourth-order valence-electron chi connectivity index (χ4n) is 5.03. The van der Waals surface area contributed by atoms with Crippen molar-refractivity contribution in [1.29, 1.82) is 0 Å². The molecule has 4 unspecified atom stereocenters. The third-order valence-electron chi connectivity index (χ3n) is 7.33. The second-order valence-electron chi connectivity index (χ2n) is 10.1. The minimum absolute atomic E-state index is 0.100. The van der Waals surface area contributed by atoms with E-state index in [0.29, 0.717) is 67.6 Å². The number of carbonyl (C=O) groups excluding carboxylic acids is 2. The number of halogens is 4. The van der Waals surface area contributed by atoms with E-state index in [-0.39, 0.29) is 23.9 Å². The van der Waals surface area contributed by atoms with Crippen LogP contribution in [0.5, 0.6) is 0 Å². The summed E-state index contributed by atoms with van der Waals surface area (Å²) in [4.78, 5) is 35.2. The summed E-state index contributed by atoms with van der Waals surface area (Å²) in [5.74, 6) is 0.358. The molecule has 4 aliphatic rings. The number of oxime groups is 1. The zero-order valence-corrected chi connectivity index (χ0v) is 28.7. The number of nitrogens with zero attached hydrogens (tertiary/aromatic N) is 2. The van der Waals surface area contributed by atoms with E-state index in [4.69, 9.17) is 14.3 Å². The van der Waals surface area contributed by atoms with Crippen LogP contribution in [0.3, 0.4) is 0 Å². The van der Waals surface area contributed by atoms with E-state index in [1.54, 1.807) is 6.08 Å². The third-order valence-corrected chi connectivity index (χ3v) is 10.1. The summed E-state index contributed by atoms with van der Waals surface area (Å²) >= 11 is 13.6. The molecule has 0 radical (unpaired) electrons. The van der Waals surface area contributed by atoms with Gasteiger partial charge in [0, 0.05) is 31.3 Å². The smallest absolute Gasteiger partial charge is 0.269 e. The molecule has 11 nitrogen and oxygen atoms in total. The van der Waals surface area contributed by atoms with Gasteiger partial charge in [0.25, 0.3) is 11.8 Å². The van der Waals surface area contributed by atoms with Gasteiger partial charge < -0.3 is 35.2 Å². The Hall–Kier alpha value is -1.52. The highest BCUT2D eigenvalue weighted by Crippen LogP contribution is 2.47. The Bertz CT molecular complexity index is 1200. The van der Waals surface area contributed by atoms with Gasteiger partial charge in [-0.3, -0.25) is 14.6 Å². The van der Waals surface area contributed by atoms with Crippen LogP contribution in [0.2, 0.25) is 0 Å². The number of unbranched alkanes of at least 4 members (excludes halogenated alkanes) is 2. The van der Waals surface area contributed by atoms with E-state index < -0.39 is 23.2 Å². The van der Waals surface area contributed by atoms with Crippen molar-refractivity contribution in [2.24, 2.45) is 15.6 Å². The lowest BCUT2D eigenvalue weighted by molar-refractivity contribution is -0.115. The Morgan fingerprint density at radius 3 is 2.07 bits per heavy atom. The van der Waals surface area contributed by atoms with Crippen molar-refractivity contribution in [3.8, 4) is 0 Å². The van der Waals surface area contributed by atoms with Crippen molar-refractivity contribution < 1.29 is 34.1 Å². The first kappa shape index (κ1) is 32.4. The SMILES string of the molecule is COC1=C(Br)C(O)C2(C=C1Br)CN=C(C(=O)NCCCCCNC(=O)C1=NOC3(C=C(Br)C(OC)=C(Br)C3O)C1)C2. The first-order valence-electron chi connectivity index (χ1n) is 12.8. The number of aliphatic imine (C=N–C) groups is 1. The summed E-state index contributed by atoms with van der Waals surface area (Å²) < 4.78 is 12.8. The zero-order chi connectivity index (χ0) is 29.9. The molecular weight excluding hydrogens is 800 g/mol. The molecule has 0 aromatic heterocycles. The maximum Gasteiger partial charge on any atom is 0.269 e. The number of hydrogen-bond acceptors (Lipinski definition) is 9. The Morgan fingerprint density at radius 2 is 1.46 bits per heavy atom. The standard InChI is InChI=1S/C26H30Br4N4O7/c1-39-19-13(27)8-25(21(35)17(19)29)10-15(33-12-25)23(37)31-6-4-3-5-7-32-24(38)16-11-26(41-34-16)9-14(28)20(40-2)18(30)22(26)36/h8-9,21-22,35-36H,3-7,10-12H2,1-2H3,(H,31,37)(H,32,38). The Kier molecular flexibility index (Phi) is 10.6. The van der Waals surface area contributed by atoms with Crippen LogP contribution in [-0.2, 0) is 23.9 Å². The maximum absolute atomic E-state index is 12.7. The molecule has 0 saturated carbocycles. The van der Waals surface area contributed by atoms with Gasteiger partial charge in [0.15, 0.2) is 5.60 Å². The number of methoxy groups -OCH3 is 2. The molecule has 2 aliphatic heterocycles. The predicted molar refractivity (Wildman–Crippen MR) is 167 cm³/mol. The number of ether oxygens (including phenoxy) is 2. The lowest BCUT2D eigenvalue weighted by Gasteiger charge is -2.35. The van der Waals surface area contributed by atoms with Crippen LogP contribution < -0.4 is 10.6 Å². The summed E-state index contributed by atoms with van der Waals surface area (Å²) in [6, 6.07) is 0. The summed E-state index contributed by atoms with van der Waals surface area (Å²) in [5, 5.41) is 31.2. The number of rotatable bonds is 10. The van der Waals surface area contributed by atoms with Crippen LogP contribution in [0, 0.1) is 5.41 Å². The first-order chi connectivity index (χ1) is 19.5.